The fourth-order valence-corrected chi connectivity index (χ4v) is 6.37. The van der Waals surface area contributed by atoms with Gasteiger partial charge in [-0.3, -0.25) is 24.0 Å². The normalized spacial score (nSPS) is 11.8. The number of hydrogen-bond donors (Lipinski definition) is 1. The van der Waals surface area contributed by atoms with E-state index < -0.39 is 33.4 Å². The number of amides is 2. The van der Waals surface area contributed by atoms with Crippen molar-refractivity contribution in [3.8, 4) is 5.75 Å². The van der Waals surface area contributed by atoms with Gasteiger partial charge in [-0.05, 0) is 53.4 Å². The number of nitro groups is 1. The molecule has 0 aliphatic rings. The largest absolute Gasteiger partial charge is 0.497 e. The van der Waals surface area contributed by atoms with E-state index in [4.69, 9.17) is 4.74 Å². The Bertz CT molecular complexity index is 1770. The summed E-state index contributed by atoms with van der Waals surface area (Å²) in [5.41, 5.74) is 1.30. The summed E-state index contributed by atoms with van der Waals surface area (Å²) in [5, 5.41) is 14.3. The lowest BCUT2D eigenvalue weighted by Gasteiger charge is -2.34. The van der Waals surface area contributed by atoms with Gasteiger partial charge in [-0.15, -0.1) is 0 Å². The first kappa shape index (κ1) is 34.6. The molecule has 47 heavy (non-hydrogen) atoms. The van der Waals surface area contributed by atoms with Crippen LogP contribution in [-0.4, -0.2) is 56.3 Å². The molecule has 4 aromatic rings. The molecule has 11 nitrogen and oxygen atoms in total. The van der Waals surface area contributed by atoms with E-state index in [1.165, 1.54) is 48.4 Å². The molecule has 1 N–H and O–H groups in total. The van der Waals surface area contributed by atoms with E-state index in [9.17, 15) is 28.1 Å². The zero-order chi connectivity index (χ0) is 34.0. The van der Waals surface area contributed by atoms with Gasteiger partial charge in [-0.2, -0.15) is 0 Å². The summed E-state index contributed by atoms with van der Waals surface area (Å²) in [4.78, 5) is 40.4. The quantitative estimate of drug-likeness (QED) is 0.137. The van der Waals surface area contributed by atoms with Crippen molar-refractivity contribution in [1.29, 1.82) is 0 Å². The predicted octanol–water partition coefficient (Wildman–Crippen LogP) is 5.21. The van der Waals surface area contributed by atoms with E-state index in [0.29, 0.717) is 17.9 Å². The fraction of sp³-hybridized carbons (Fsp3) is 0.257. The topological polar surface area (TPSA) is 139 Å². The number of non-ortho nitro benzene ring substituents is 1. The summed E-state index contributed by atoms with van der Waals surface area (Å²) in [6, 6.07) is 27.9. The summed E-state index contributed by atoms with van der Waals surface area (Å²) >= 11 is 0. The number of sulfonamides is 1. The van der Waals surface area contributed by atoms with Gasteiger partial charge in [0.15, 0.2) is 0 Å². The van der Waals surface area contributed by atoms with Crippen LogP contribution in [0.4, 0.5) is 11.4 Å². The van der Waals surface area contributed by atoms with Gasteiger partial charge >= 0.3 is 0 Å². The van der Waals surface area contributed by atoms with Crippen LogP contribution in [0.5, 0.6) is 5.75 Å². The third-order valence-corrected chi connectivity index (χ3v) is 9.19. The van der Waals surface area contributed by atoms with Crippen molar-refractivity contribution in [3.63, 3.8) is 0 Å². The number of carbonyl (C=O) groups is 2. The van der Waals surface area contributed by atoms with Crippen LogP contribution in [-0.2, 0) is 32.6 Å². The van der Waals surface area contributed by atoms with Gasteiger partial charge in [-0.25, -0.2) is 8.42 Å². The number of carbonyl (C=O) groups excluding carboxylic acids is 2. The van der Waals surface area contributed by atoms with Crippen LogP contribution in [0.2, 0.25) is 0 Å². The zero-order valence-electron chi connectivity index (χ0n) is 26.5. The number of rotatable bonds is 15. The Hall–Kier alpha value is -5.23. The Labute approximate surface area is 275 Å². The highest BCUT2D eigenvalue weighted by Gasteiger charge is 2.35. The molecule has 0 heterocycles. The van der Waals surface area contributed by atoms with Crippen LogP contribution in [0.25, 0.3) is 0 Å². The maximum Gasteiger partial charge on any atom is 0.269 e. The zero-order valence-corrected chi connectivity index (χ0v) is 27.3. The van der Waals surface area contributed by atoms with Crippen LogP contribution in [0.3, 0.4) is 0 Å². The number of nitrogens with zero attached hydrogens (tertiary/aromatic N) is 3. The first-order chi connectivity index (χ1) is 22.5. The van der Waals surface area contributed by atoms with Gasteiger partial charge in [0.1, 0.15) is 18.3 Å². The van der Waals surface area contributed by atoms with Crippen LogP contribution >= 0.6 is 0 Å². The van der Waals surface area contributed by atoms with Crippen LogP contribution in [0.1, 0.15) is 25.0 Å². The molecule has 1 atom stereocenters. The minimum absolute atomic E-state index is 0.0257. The van der Waals surface area contributed by atoms with Gasteiger partial charge in [-0.1, -0.05) is 74.5 Å². The molecule has 0 fully saturated rings. The maximum absolute atomic E-state index is 14.5. The van der Waals surface area contributed by atoms with Crippen LogP contribution in [0.15, 0.2) is 114 Å². The van der Waals surface area contributed by atoms with Crippen molar-refractivity contribution in [2.45, 2.75) is 37.8 Å². The molecule has 0 spiro atoms. The molecule has 0 saturated carbocycles. The Morgan fingerprint density at radius 3 is 2.09 bits per heavy atom. The molecule has 0 aromatic heterocycles. The molecule has 0 aliphatic heterocycles. The Morgan fingerprint density at radius 2 is 1.49 bits per heavy atom. The monoisotopic (exact) mass is 658 g/mol. The molecule has 0 aliphatic carbocycles. The SMILES string of the molecule is COc1cccc(CN(C(=O)CN(c2ccc([N+](=O)[O-])cc2)S(=O)(=O)c2ccccc2)[C@@H](Cc2ccccc2)C(=O)NCC(C)C)c1. The van der Waals surface area contributed by atoms with E-state index >= 15 is 0 Å². The summed E-state index contributed by atoms with van der Waals surface area (Å²) in [6.07, 6.45) is 0.170. The van der Waals surface area contributed by atoms with Gasteiger partial charge in [0.05, 0.1) is 22.6 Å². The molecule has 0 bridgehead atoms. The Kier molecular flexibility index (Phi) is 11.7. The highest BCUT2D eigenvalue weighted by Crippen LogP contribution is 2.27. The Morgan fingerprint density at radius 1 is 0.872 bits per heavy atom. The number of ether oxygens (including phenoxy) is 1. The number of hydrogen-bond acceptors (Lipinski definition) is 7. The standard InChI is InChI=1S/C35H38N4O7S/c1-26(2)23-36-35(41)33(22-27-11-6-4-7-12-27)37(24-28-13-10-14-31(21-28)46-3)34(40)25-38(29-17-19-30(20-18-29)39(42)43)47(44,45)32-15-8-5-9-16-32/h4-21,26,33H,22-25H2,1-3H3,(H,36,41)/t33-/m0/s1. The van der Waals surface area contributed by atoms with E-state index in [1.54, 1.807) is 42.5 Å². The molecule has 246 valence electrons. The number of methoxy groups -OCH3 is 1. The number of nitrogens with one attached hydrogen (secondary N) is 1. The van der Waals surface area contributed by atoms with Gasteiger partial charge in [0.25, 0.3) is 15.7 Å². The first-order valence-corrected chi connectivity index (χ1v) is 16.5. The number of benzene rings is 4. The van der Waals surface area contributed by atoms with Crippen molar-refractivity contribution in [2.75, 3.05) is 24.5 Å². The smallest absolute Gasteiger partial charge is 0.269 e. The lowest BCUT2D eigenvalue weighted by Crippen LogP contribution is -2.53. The molecule has 2 amide bonds. The van der Waals surface area contributed by atoms with Gasteiger partial charge < -0.3 is 15.0 Å². The van der Waals surface area contributed by atoms with Crippen molar-refractivity contribution >= 4 is 33.2 Å². The van der Waals surface area contributed by atoms with E-state index in [2.05, 4.69) is 5.32 Å². The van der Waals surface area contributed by atoms with Crippen molar-refractivity contribution in [3.05, 3.63) is 130 Å². The maximum atomic E-state index is 14.5. The van der Waals surface area contributed by atoms with Crippen molar-refractivity contribution in [1.82, 2.24) is 10.2 Å². The van der Waals surface area contributed by atoms with Gasteiger partial charge in [0, 0.05) is 31.6 Å². The molecular formula is C35H38N4O7S. The van der Waals surface area contributed by atoms with Crippen LogP contribution < -0.4 is 14.4 Å². The summed E-state index contributed by atoms with van der Waals surface area (Å²) in [5.74, 6) is -0.330. The molecule has 0 radical (unpaired) electrons. The highest BCUT2D eigenvalue weighted by molar-refractivity contribution is 7.92. The fourth-order valence-electron chi connectivity index (χ4n) is 4.93. The molecule has 0 saturated heterocycles. The predicted molar refractivity (Wildman–Crippen MR) is 179 cm³/mol. The Balaban J connectivity index is 1.81. The highest BCUT2D eigenvalue weighted by atomic mass is 32.2. The molecular weight excluding hydrogens is 620 g/mol. The van der Waals surface area contributed by atoms with Crippen LogP contribution in [0, 0.1) is 16.0 Å². The summed E-state index contributed by atoms with van der Waals surface area (Å²) in [6.45, 7) is 3.59. The third kappa shape index (κ3) is 9.17. The second-order valence-corrected chi connectivity index (χ2v) is 13.2. The number of nitro benzene ring substituents is 1. The van der Waals surface area contributed by atoms with E-state index in [-0.39, 0.29) is 41.1 Å². The van der Waals surface area contributed by atoms with Crippen molar-refractivity contribution in [2.24, 2.45) is 5.92 Å². The lowest BCUT2D eigenvalue weighted by molar-refractivity contribution is -0.384. The second kappa shape index (κ2) is 15.9. The van der Waals surface area contributed by atoms with E-state index in [1.807, 2.05) is 44.2 Å². The minimum atomic E-state index is -4.33. The summed E-state index contributed by atoms with van der Waals surface area (Å²) in [7, 11) is -2.81. The van der Waals surface area contributed by atoms with Crippen molar-refractivity contribution < 1.29 is 27.7 Å². The second-order valence-electron chi connectivity index (χ2n) is 11.3. The first-order valence-electron chi connectivity index (χ1n) is 15.1. The van der Waals surface area contributed by atoms with E-state index in [0.717, 1.165) is 9.87 Å². The lowest BCUT2D eigenvalue weighted by atomic mass is 10.0. The molecule has 12 heteroatoms. The number of anilines is 1. The summed E-state index contributed by atoms with van der Waals surface area (Å²) < 4.78 is 34.4. The minimum Gasteiger partial charge on any atom is -0.497 e. The third-order valence-electron chi connectivity index (χ3n) is 7.40. The molecule has 4 rings (SSSR count). The molecule has 0 unspecified atom stereocenters. The average molecular weight is 659 g/mol. The van der Waals surface area contributed by atoms with Gasteiger partial charge in [0.2, 0.25) is 11.8 Å². The molecule has 4 aromatic carbocycles. The average Bonchev–Trinajstić information content (AvgIpc) is 3.08.